The Kier molecular flexibility index (Phi) is 4.81. The maximum Gasteiger partial charge on any atom is 0.159 e. The van der Waals surface area contributed by atoms with E-state index in [0.29, 0.717) is 0 Å². The number of unbranched alkanes of at least 4 members (excludes halogenated alkanes) is 1. The van der Waals surface area contributed by atoms with Crippen molar-refractivity contribution in [1.29, 1.82) is 0 Å². The molecule has 0 N–H and O–H groups in total. The molecule has 0 saturated heterocycles. The van der Waals surface area contributed by atoms with Crippen molar-refractivity contribution in [3.05, 3.63) is 77.2 Å². The van der Waals surface area contributed by atoms with Gasteiger partial charge in [0, 0.05) is 18.0 Å². The van der Waals surface area contributed by atoms with Gasteiger partial charge in [0.05, 0.1) is 15.4 Å². The van der Waals surface area contributed by atoms with Crippen LogP contribution in [0.25, 0.3) is 16.2 Å². The molecule has 0 bridgehead atoms. The summed E-state index contributed by atoms with van der Waals surface area (Å²) in [6, 6.07) is 14.1. The Bertz CT molecular complexity index is 1080. The predicted octanol–water partition coefficient (Wildman–Crippen LogP) is 5.00. The summed E-state index contributed by atoms with van der Waals surface area (Å²) in [5.41, 5.74) is 3.82. The van der Waals surface area contributed by atoms with E-state index < -0.39 is 0 Å². The van der Waals surface area contributed by atoms with Crippen molar-refractivity contribution in [3.63, 3.8) is 0 Å². The summed E-state index contributed by atoms with van der Waals surface area (Å²) in [6.07, 6.45) is 10.3. The van der Waals surface area contributed by atoms with E-state index >= 15 is 0 Å². The molecule has 0 unspecified atom stereocenters. The number of fused-ring (bicyclic) bond motifs is 1. The van der Waals surface area contributed by atoms with Crippen LogP contribution in [0.4, 0.5) is 0 Å². The van der Waals surface area contributed by atoms with Gasteiger partial charge >= 0.3 is 0 Å². The van der Waals surface area contributed by atoms with Crippen molar-refractivity contribution < 1.29 is 0 Å². The Labute approximate surface area is 157 Å². The van der Waals surface area contributed by atoms with Crippen LogP contribution in [0, 0.1) is 18.0 Å². The first-order valence-corrected chi connectivity index (χ1v) is 9.57. The lowest BCUT2D eigenvalue weighted by molar-refractivity contribution is 0.775. The molecular weight excluding hydrogens is 338 g/mol. The summed E-state index contributed by atoms with van der Waals surface area (Å²) in [4.78, 5) is 11.4. The first-order chi connectivity index (χ1) is 12.8. The van der Waals surface area contributed by atoms with Crippen LogP contribution in [-0.4, -0.2) is 14.4 Å². The highest BCUT2D eigenvalue weighted by Gasteiger charge is 2.11. The summed E-state index contributed by atoms with van der Waals surface area (Å²) in [6.45, 7) is 2.19. The zero-order valence-corrected chi connectivity index (χ0v) is 15.4. The van der Waals surface area contributed by atoms with Crippen molar-refractivity contribution in [3.8, 4) is 22.4 Å². The van der Waals surface area contributed by atoms with Crippen molar-refractivity contribution in [2.24, 2.45) is 0 Å². The van der Waals surface area contributed by atoms with Gasteiger partial charge in [0.1, 0.15) is 11.9 Å². The Hall–Kier alpha value is -2.90. The fourth-order valence-electron chi connectivity index (χ4n) is 2.73. The molecule has 4 aromatic rings. The van der Waals surface area contributed by atoms with Crippen LogP contribution in [0.15, 0.2) is 54.9 Å². The molecule has 4 rings (SSSR count). The molecule has 3 heterocycles. The number of nitrogens with zero attached hydrogens (tertiary/aromatic N) is 3. The van der Waals surface area contributed by atoms with E-state index in [9.17, 15) is 0 Å². The number of benzene rings is 1. The highest BCUT2D eigenvalue weighted by Crippen LogP contribution is 2.27. The monoisotopic (exact) mass is 356 g/mol. The first kappa shape index (κ1) is 16.6. The molecule has 4 heteroatoms. The Morgan fingerprint density at radius 1 is 1.12 bits per heavy atom. The summed E-state index contributed by atoms with van der Waals surface area (Å²) in [7, 11) is 0. The molecule has 0 fully saturated rings. The molecule has 1 aromatic carbocycles. The SMILES string of the molecule is CCCCc1nccn2[c]c(-c3ccc(C#Cc4ccccc4)s3)nc12. The van der Waals surface area contributed by atoms with Crippen LogP contribution in [0.3, 0.4) is 0 Å². The Morgan fingerprint density at radius 2 is 2.00 bits per heavy atom. The van der Waals surface area contributed by atoms with E-state index in [0.717, 1.165) is 51.6 Å². The average molecular weight is 356 g/mol. The summed E-state index contributed by atoms with van der Waals surface area (Å²) >= 11 is 1.64. The quantitative estimate of drug-likeness (QED) is 0.482. The van der Waals surface area contributed by atoms with Crippen LogP contribution >= 0.6 is 11.3 Å². The smallest absolute Gasteiger partial charge is 0.159 e. The summed E-state index contributed by atoms with van der Waals surface area (Å²) in [5, 5.41) is 0. The van der Waals surface area contributed by atoms with E-state index in [1.54, 1.807) is 11.3 Å². The predicted molar refractivity (Wildman–Crippen MR) is 106 cm³/mol. The maximum atomic E-state index is 4.77. The molecule has 3 aromatic heterocycles. The van der Waals surface area contributed by atoms with Gasteiger partial charge in [-0.1, -0.05) is 43.4 Å². The highest BCUT2D eigenvalue weighted by atomic mass is 32.1. The molecule has 3 nitrogen and oxygen atoms in total. The zero-order valence-electron chi connectivity index (χ0n) is 14.6. The number of thiophene rings is 1. The van der Waals surface area contributed by atoms with Gasteiger partial charge in [0.25, 0.3) is 0 Å². The van der Waals surface area contributed by atoms with Crippen LogP contribution < -0.4 is 0 Å². The first-order valence-electron chi connectivity index (χ1n) is 8.76. The molecule has 26 heavy (non-hydrogen) atoms. The van der Waals surface area contributed by atoms with Gasteiger partial charge < -0.3 is 0 Å². The molecule has 0 aliphatic rings. The van der Waals surface area contributed by atoms with E-state index in [4.69, 9.17) is 4.98 Å². The van der Waals surface area contributed by atoms with Crippen molar-refractivity contribution in [1.82, 2.24) is 14.4 Å². The second kappa shape index (κ2) is 7.55. The average Bonchev–Trinajstić information content (AvgIpc) is 3.32. The van der Waals surface area contributed by atoms with Gasteiger partial charge in [0.15, 0.2) is 5.65 Å². The number of rotatable bonds is 4. The van der Waals surface area contributed by atoms with E-state index in [-0.39, 0.29) is 0 Å². The summed E-state index contributed by atoms with van der Waals surface area (Å²) < 4.78 is 1.95. The van der Waals surface area contributed by atoms with Gasteiger partial charge in [-0.05, 0) is 37.1 Å². The minimum atomic E-state index is 0.855. The molecule has 0 aliphatic heterocycles. The molecule has 0 spiro atoms. The van der Waals surface area contributed by atoms with E-state index in [2.05, 4.69) is 36.0 Å². The highest BCUT2D eigenvalue weighted by molar-refractivity contribution is 7.16. The number of hydrogen-bond donors (Lipinski definition) is 0. The third-order valence-corrected chi connectivity index (χ3v) is 5.09. The molecule has 127 valence electrons. The normalized spacial score (nSPS) is 10.7. The molecule has 0 atom stereocenters. The van der Waals surface area contributed by atoms with Gasteiger partial charge in [-0.25, -0.2) is 4.98 Å². The second-order valence-electron chi connectivity index (χ2n) is 6.02. The number of imidazole rings is 1. The van der Waals surface area contributed by atoms with Gasteiger partial charge in [-0.3, -0.25) is 9.38 Å². The molecular formula is C22H18N3S. The fraction of sp³-hybridized carbons (Fsp3) is 0.182. The standard InChI is InChI=1S/C22H18N3S/c1-2-3-9-19-22-24-20(16-25(22)15-14-23-19)21-13-12-18(26-21)11-10-17-7-5-4-6-8-17/h4-8,12-15H,2-3,9H2,1H3. The number of hydrogen-bond acceptors (Lipinski definition) is 3. The lowest BCUT2D eigenvalue weighted by atomic mass is 10.2. The largest absolute Gasteiger partial charge is 0.295 e. The van der Waals surface area contributed by atoms with E-state index in [1.165, 1.54) is 0 Å². The van der Waals surface area contributed by atoms with Crippen LogP contribution in [0.5, 0.6) is 0 Å². The topological polar surface area (TPSA) is 30.2 Å². The maximum absolute atomic E-state index is 4.77. The number of aromatic nitrogens is 3. The summed E-state index contributed by atoms with van der Waals surface area (Å²) in [5.74, 6) is 6.43. The Morgan fingerprint density at radius 3 is 2.85 bits per heavy atom. The van der Waals surface area contributed by atoms with Gasteiger partial charge in [0.2, 0.25) is 0 Å². The lowest BCUT2D eigenvalue weighted by Gasteiger charge is -2.00. The molecule has 1 radical (unpaired) electrons. The van der Waals surface area contributed by atoms with Gasteiger partial charge in [-0.15, -0.1) is 11.3 Å². The molecule has 0 amide bonds. The van der Waals surface area contributed by atoms with Crippen LogP contribution in [0.2, 0.25) is 0 Å². The zero-order chi connectivity index (χ0) is 17.8. The van der Waals surface area contributed by atoms with Crippen LogP contribution in [0.1, 0.15) is 35.9 Å². The third kappa shape index (κ3) is 3.54. The Balaban J connectivity index is 1.62. The minimum absolute atomic E-state index is 0.855. The molecule has 0 aliphatic carbocycles. The lowest BCUT2D eigenvalue weighted by Crippen LogP contribution is -1.95. The second-order valence-corrected chi connectivity index (χ2v) is 7.11. The van der Waals surface area contributed by atoms with Crippen molar-refractivity contribution >= 4 is 17.0 Å². The number of aryl methyl sites for hydroxylation is 1. The minimum Gasteiger partial charge on any atom is -0.295 e. The van der Waals surface area contributed by atoms with Crippen molar-refractivity contribution in [2.45, 2.75) is 26.2 Å². The van der Waals surface area contributed by atoms with Crippen LogP contribution in [-0.2, 0) is 6.42 Å². The fourth-order valence-corrected chi connectivity index (χ4v) is 3.53. The van der Waals surface area contributed by atoms with Gasteiger partial charge in [-0.2, -0.15) is 0 Å². The third-order valence-electron chi connectivity index (χ3n) is 4.09. The molecule has 0 saturated carbocycles. The van der Waals surface area contributed by atoms with E-state index in [1.807, 2.05) is 53.2 Å². The van der Waals surface area contributed by atoms with Crippen molar-refractivity contribution in [2.75, 3.05) is 0 Å².